The number of hydrogen-bond donors (Lipinski definition) is 2. The second-order valence-electron chi connectivity index (χ2n) is 9.01. The molecule has 0 unspecified atom stereocenters. The summed E-state index contributed by atoms with van der Waals surface area (Å²) in [5, 5.41) is 19.0. The summed E-state index contributed by atoms with van der Waals surface area (Å²) >= 11 is 0. The summed E-state index contributed by atoms with van der Waals surface area (Å²) < 4.78 is 12.3. The molecule has 0 aliphatic carbocycles. The zero-order valence-electron chi connectivity index (χ0n) is 18.9. The monoisotopic (exact) mass is 438 g/mol. The van der Waals surface area contributed by atoms with E-state index in [0.717, 1.165) is 16.6 Å². The minimum atomic E-state index is -0.622. The number of nitrogens with one attached hydrogen (secondary N) is 1. The van der Waals surface area contributed by atoms with Crippen LogP contribution in [-0.2, 0) is 9.31 Å². The van der Waals surface area contributed by atoms with E-state index in [1.54, 1.807) is 12.1 Å². The van der Waals surface area contributed by atoms with Crippen LogP contribution < -0.4 is 16.8 Å². The number of pyridine rings is 1. The molecule has 0 bridgehead atoms. The third-order valence-electron chi connectivity index (χ3n) is 6.39. The Hall–Kier alpha value is -3.85. The van der Waals surface area contributed by atoms with E-state index in [-0.39, 0.29) is 22.5 Å². The van der Waals surface area contributed by atoms with Crippen LogP contribution >= 0.6 is 0 Å². The number of nitrogens with two attached hydrogens (primary N) is 1. The lowest BCUT2D eigenvalue weighted by atomic mass is 9.78. The normalized spacial score (nSPS) is 16.2. The van der Waals surface area contributed by atoms with Gasteiger partial charge in [-0.15, -0.1) is 0 Å². The fourth-order valence-corrected chi connectivity index (χ4v) is 3.81. The van der Waals surface area contributed by atoms with Crippen LogP contribution in [0.4, 0.5) is 5.82 Å². The molecular weight excluding hydrogens is 415 g/mol. The lowest BCUT2D eigenvalue weighted by molar-refractivity contribution is 0.00578. The van der Waals surface area contributed by atoms with E-state index in [4.69, 9.17) is 15.0 Å². The number of benzene rings is 2. The van der Waals surface area contributed by atoms with Gasteiger partial charge < -0.3 is 20.0 Å². The van der Waals surface area contributed by atoms with Crippen LogP contribution in [0.2, 0.25) is 0 Å². The second-order valence-corrected chi connectivity index (χ2v) is 9.01. The molecule has 4 rings (SSSR count). The lowest BCUT2D eigenvalue weighted by Gasteiger charge is -2.32. The first-order chi connectivity index (χ1) is 15.6. The second kappa shape index (κ2) is 7.93. The highest BCUT2D eigenvalue weighted by molar-refractivity contribution is 6.62. The van der Waals surface area contributed by atoms with Gasteiger partial charge in [-0.1, -0.05) is 48.5 Å². The average molecular weight is 438 g/mol. The van der Waals surface area contributed by atoms with Gasteiger partial charge in [-0.25, -0.2) is 0 Å². The van der Waals surface area contributed by atoms with Gasteiger partial charge >= 0.3 is 7.12 Å². The highest BCUT2D eigenvalue weighted by Gasteiger charge is 2.51. The van der Waals surface area contributed by atoms with Gasteiger partial charge in [0, 0.05) is 5.56 Å². The predicted molar refractivity (Wildman–Crippen MR) is 127 cm³/mol. The van der Waals surface area contributed by atoms with E-state index in [1.165, 1.54) is 0 Å². The smallest absolute Gasteiger partial charge is 0.399 e. The Kier molecular flexibility index (Phi) is 5.37. The molecule has 1 aliphatic heterocycles. The fraction of sp³-hybridized carbons (Fsp3) is 0.240. The number of nitrogen functional groups attached to an aromatic ring is 1. The molecule has 1 saturated heterocycles. The summed E-state index contributed by atoms with van der Waals surface area (Å²) in [6.07, 6.45) is 0. The van der Waals surface area contributed by atoms with E-state index in [2.05, 4.69) is 4.98 Å². The summed E-state index contributed by atoms with van der Waals surface area (Å²) in [6.45, 7) is 8.06. The van der Waals surface area contributed by atoms with Crippen molar-refractivity contribution < 1.29 is 9.31 Å². The van der Waals surface area contributed by atoms with Gasteiger partial charge in [0.1, 0.15) is 29.1 Å². The van der Waals surface area contributed by atoms with Crippen LogP contribution in [0.25, 0.3) is 22.3 Å². The third kappa shape index (κ3) is 3.80. The molecule has 1 aliphatic rings. The van der Waals surface area contributed by atoms with Crippen LogP contribution in [0.3, 0.4) is 0 Å². The quantitative estimate of drug-likeness (QED) is 0.605. The maximum atomic E-state index is 12.2. The third-order valence-corrected chi connectivity index (χ3v) is 6.39. The number of H-pyrrole nitrogens is 1. The summed E-state index contributed by atoms with van der Waals surface area (Å²) in [5.74, 6) is -0.0595. The van der Waals surface area contributed by atoms with E-state index in [1.807, 2.05) is 76.2 Å². The van der Waals surface area contributed by atoms with Crippen LogP contribution in [-0.4, -0.2) is 23.3 Å². The number of nitrogens with zero attached hydrogens (tertiary/aromatic N) is 2. The van der Waals surface area contributed by atoms with Gasteiger partial charge in [0.2, 0.25) is 0 Å². The van der Waals surface area contributed by atoms with E-state index in [9.17, 15) is 15.3 Å². The van der Waals surface area contributed by atoms with Crippen molar-refractivity contribution in [1.82, 2.24) is 4.98 Å². The van der Waals surface area contributed by atoms with Gasteiger partial charge in [-0.2, -0.15) is 10.5 Å². The van der Waals surface area contributed by atoms with Gasteiger partial charge in [0.05, 0.1) is 11.2 Å². The zero-order chi connectivity index (χ0) is 24.0. The largest absolute Gasteiger partial charge is 0.494 e. The van der Waals surface area contributed by atoms with Crippen molar-refractivity contribution in [2.24, 2.45) is 0 Å². The summed E-state index contributed by atoms with van der Waals surface area (Å²) in [4.78, 5) is 14.5. The SMILES string of the molecule is CC1(C)OB(c2cccc(-c3ccc(-c4c(C#N)c(N)[nH]c(=O)c4C#N)cc3)c2)OC1(C)C. The molecule has 0 spiro atoms. The van der Waals surface area contributed by atoms with E-state index >= 15 is 0 Å². The summed E-state index contributed by atoms with van der Waals surface area (Å²) in [7, 11) is -0.468. The summed E-state index contributed by atoms with van der Waals surface area (Å²) in [5.41, 5.74) is 7.86. The molecule has 3 aromatic rings. The minimum Gasteiger partial charge on any atom is -0.399 e. The molecular formula is C25H23BN4O3. The highest BCUT2D eigenvalue weighted by Crippen LogP contribution is 2.37. The predicted octanol–water partition coefficient (Wildman–Crippen LogP) is 3.33. The van der Waals surface area contributed by atoms with Crippen LogP contribution in [0.1, 0.15) is 38.8 Å². The topological polar surface area (TPSA) is 125 Å². The number of hydrogen-bond acceptors (Lipinski definition) is 6. The zero-order valence-corrected chi connectivity index (χ0v) is 18.9. The molecule has 0 saturated carbocycles. The van der Waals surface area contributed by atoms with Crippen molar-refractivity contribution in [3.05, 3.63) is 70.0 Å². The molecule has 7 nitrogen and oxygen atoms in total. The van der Waals surface area contributed by atoms with Crippen molar-refractivity contribution in [3.8, 4) is 34.4 Å². The molecule has 33 heavy (non-hydrogen) atoms. The van der Waals surface area contributed by atoms with E-state index in [0.29, 0.717) is 5.56 Å². The van der Waals surface area contributed by atoms with Crippen molar-refractivity contribution in [2.75, 3.05) is 5.73 Å². The number of rotatable bonds is 3. The molecule has 0 radical (unpaired) electrons. The number of nitriles is 2. The van der Waals surface area contributed by atoms with Gasteiger partial charge in [-0.3, -0.25) is 4.79 Å². The Morgan fingerprint density at radius 1 is 0.879 bits per heavy atom. The minimum absolute atomic E-state index is 0.0595. The van der Waals surface area contributed by atoms with Crippen LogP contribution in [0.15, 0.2) is 53.3 Å². The van der Waals surface area contributed by atoms with Crippen molar-refractivity contribution in [1.29, 1.82) is 10.5 Å². The van der Waals surface area contributed by atoms with Crippen molar-refractivity contribution >= 4 is 18.4 Å². The van der Waals surface area contributed by atoms with Crippen LogP contribution in [0.5, 0.6) is 0 Å². The Bertz CT molecular complexity index is 1360. The van der Waals surface area contributed by atoms with E-state index < -0.39 is 23.9 Å². The van der Waals surface area contributed by atoms with Crippen molar-refractivity contribution in [3.63, 3.8) is 0 Å². The standard InChI is InChI=1S/C25H23BN4O3/c1-24(2)25(3,4)33-26(32-24)18-7-5-6-17(12-18)15-8-10-16(11-9-15)21-19(13-27)22(29)30-23(31)20(21)14-28/h5-12H,1-4H3,(H3,29,30,31). The Balaban J connectivity index is 1.71. The number of anilines is 1. The molecule has 2 heterocycles. The summed E-state index contributed by atoms with van der Waals surface area (Å²) in [6, 6.07) is 19.1. The molecule has 3 N–H and O–H groups in total. The fourth-order valence-electron chi connectivity index (χ4n) is 3.81. The van der Waals surface area contributed by atoms with Gasteiger partial charge in [0.25, 0.3) is 5.56 Å². The molecule has 0 atom stereocenters. The first kappa shape index (κ1) is 22.4. The number of aromatic nitrogens is 1. The lowest BCUT2D eigenvalue weighted by Crippen LogP contribution is -2.41. The Morgan fingerprint density at radius 2 is 1.45 bits per heavy atom. The molecule has 2 aromatic carbocycles. The Labute approximate surface area is 192 Å². The van der Waals surface area contributed by atoms with Gasteiger partial charge in [-0.05, 0) is 49.8 Å². The molecule has 164 valence electrons. The number of aromatic amines is 1. The molecule has 1 aromatic heterocycles. The molecule has 1 fully saturated rings. The van der Waals surface area contributed by atoms with Crippen LogP contribution in [0, 0.1) is 22.7 Å². The maximum Gasteiger partial charge on any atom is 0.494 e. The first-order valence-electron chi connectivity index (χ1n) is 10.5. The maximum absolute atomic E-state index is 12.2. The van der Waals surface area contributed by atoms with Crippen molar-refractivity contribution in [2.45, 2.75) is 38.9 Å². The van der Waals surface area contributed by atoms with Gasteiger partial charge in [0.15, 0.2) is 0 Å². The highest BCUT2D eigenvalue weighted by atomic mass is 16.7. The molecule has 8 heteroatoms. The average Bonchev–Trinajstić information content (AvgIpc) is 3.00. The first-order valence-corrected chi connectivity index (χ1v) is 10.5. The Morgan fingerprint density at radius 3 is 2.03 bits per heavy atom. The molecule has 0 amide bonds.